The quantitative estimate of drug-likeness (QED) is 0.587. The molecule has 3 aromatic rings. The topological polar surface area (TPSA) is 105 Å². The molecular formula is C17H22N6O2S. The Morgan fingerprint density at radius 1 is 1.19 bits per heavy atom. The zero-order chi connectivity index (χ0) is 18.7. The smallest absolute Gasteiger partial charge is 0.182 e. The lowest BCUT2D eigenvalue weighted by molar-refractivity contribution is 0.171. The Morgan fingerprint density at radius 2 is 2.00 bits per heavy atom. The molecule has 2 heterocycles. The van der Waals surface area contributed by atoms with Crippen molar-refractivity contribution < 1.29 is 8.95 Å². The normalized spacial score (nSPS) is 13.7. The average Bonchev–Trinajstić information content (AvgIpc) is 3.12. The van der Waals surface area contributed by atoms with E-state index in [1.54, 1.807) is 25.5 Å². The highest BCUT2D eigenvalue weighted by molar-refractivity contribution is 7.83. The van der Waals surface area contributed by atoms with E-state index in [1.165, 1.54) is 6.33 Å². The first-order valence-corrected chi connectivity index (χ1v) is 9.45. The maximum atomic E-state index is 12.1. The molecule has 0 fully saturated rings. The molecule has 3 rings (SSSR count). The summed E-state index contributed by atoms with van der Waals surface area (Å²) in [6.45, 7) is 6.22. The summed E-state index contributed by atoms with van der Waals surface area (Å²) in [6.07, 6.45) is 3.03. The van der Waals surface area contributed by atoms with Crippen molar-refractivity contribution in [1.82, 2.24) is 24.7 Å². The Balaban J connectivity index is 2.01. The van der Waals surface area contributed by atoms with E-state index in [0.29, 0.717) is 39.2 Å². The lowest BCUT2D eigenvalue weighted by atomic mass is 10.1. The fourth-order valence-corrected chi connectivity index (χ4v) is 2.92. The molecule has 26 heavy (non-hydrogen) atoms. The number of rotatable bonds is 7. The molecular weight excluding hydrogens is 352 g/mol. The molecule has 0 aliphatic heterocycles. The van der Waals surface area contributed by atoms with Gasteiger partial charge in [-0.1, -0.05) is 13.8 Å². The van der Waals surface area contributed by atoms with Crippen molar-refractivity contribution in [1.29, 1.82) is 0 Å². The minimum atomic E-state index is -1.31. The first kappa shape index (κ1) is 18.3. The number of nitrogens with one attached hydrogen (secondary N) is 3. The van der Waals surface area contributed by atoms with Crippen molar-refractivity contribution in [3.05, 3.63) is 30.9 Å². The van der Waals surface area contributed by atoms with Crippen LogP contribution < -0.4 is 14.8 Å². The number of fused-ring (bicyclic) bond motifs is 1. The van der Waals surface area contributed by atoms with Crippen LogP contribution in [-0.2, 0) is 11.0 Å². The van der Waals surface area contributed by atoms with Gasteiger partial charge < -0.3 is 15.0 Å². The Labute approximate surface area is 154 Å². The molecule has 8 nitrogen and oxygen atoms in total. The monoisotopic (exact) mass is 374 g/mol. The number of imidazole rings is 1. The fraction of sp³-hybridized carbons (Fsp3) is 0.353. The van der Waals surface area contributed by atoms with Crippen molar-refractivity contribution in [3.63, 3.8) is 0 Å². The third-order valence-corrected chi connectivity index (χ3v) is 5.13. The number of anilines is 2. The molecule has 2 atom stereocenters. The van der Waals surface area contributed by atoms with Crippen molar-refractivity contribution in [3.8, 4) is 5.75 Å². The Bertz CT molecular complexity index is 927. The van der Waals surface area contributed by atoms with Crippen molar-refractivity contribution >= 4 is 33.7 Å². The summed E-state index contributed by atoms with van der Waals surface area (Å²) in [5.41, 5.74) is 1.93. The highest BCUT2D eigenvalue weighted by atomic mass is 32.2. The predicted molar refractivity (Wildman–Crippen MR) is 102 cm³/mol. The van der Waals surface area contributed by atoms with Gasteiger partial charge in [-0.3, -0.25) is 0 Å². The van der Waals surface area contributed by atoms with E-state index >= 15 is 0 Å². The van der Waals surface area contributed by atoms with Gasteiger partial charge in [0, 0.05) is 0 Å². The maximum Gasteiger partial charge on any atom is 0.182 e. The molecule has 0 saturated carbocycles. The van der Waals surface area contributed by atoms with E-state index in [4.69, 9.17) is 4.74 Å². The van der Waals surface area contributed by atoms with Crippen LogP contribution in [-0.4, -0.2) is 37.3 Å². The molecule has 2 aromatic heterocycles. The lowest BCUT2D eigenvalue weighted by Crippen LogP contribution is -2.19. The number of nitrogens with zero attached hydrogens (tertiary/aromatic N) is 3. The molecule has 0 radical (unpaired) electrons. The van der Waals surface area contributed by atoms with Crippen LogP contribution in [0, 0.1) is 5.92 Å². The van der Waals surface area contributed by atoms with Crippen molar-refractivity contribution in [2.45, 2.75) is 31.8 Å². The lowest BCUT2D eigenvalue weighted by Gasteiger charge is -2.21. The van der Waals surface area contributed by atoms with Crippen molar-refractivity contribution in [2.24, 2.45) is 5.92 Å². The van der Waals surface area contributed by atoms with Gasteiger partial charge in [-0.05, 0) is 38.1 Å². The van der Waals surface area contributed by atoms with E-state index in [-0.39, 0.29) is 6.10 Å². The van der Waals surface area contributed by atoms with E-state index in [0.717, 1.165) is 0 Å². The van der Waals surface area contributed by atoms with E-state index in [1.807, 2.05) is 13.0 Å². The van der Waals surface area contributed by atoms with Gasteiger partial charge in [0.2, 0.25) is 0 Å². The molecule has 2 unspecified atom stereocenters. The standard InChI is InChI=1S/C17H22N6O2S/c1-10(2)11(3)25-14-6-5-12(26(24)18-4)7-13(14)23-17-15-16(20-8-19-15)21-9-22-17/h5-11,18H,1-4H3,(H2,19,20,21,22,23). The summed E-state index contributed by atoms with van der Waals surface area (Å²) in [5.74, 6) is 1.59. The van der Waals surface area contributed by atoms with Crippen LogP contribution in [0.5, 0.6) is 5.75 Å². The van der Waals surface area contributed by atoms with Gasteiger partial charge >= 0.3 is 0 Å². The summed E-state index contributed by atoms with van der Waals surface area (Å²) in [6, 6.07) is 5.39. The van der Waals surface area contributed by atoms with Gasteiger partial charge in [0.25, 0.3) is 0 Å². The first-order chi connectivity index (χ1) is 12.5. The molecule has 0 bridgehead atoms. The third-order valence-electron chi connectivity index (χ3n) is 4.08. The number of H-pyrrole nitrogens is 1. The van der Waals surface area contributed by atoms with Crippen LogP contribution in [0.15, 0.2) is 35.7 Å². The number of aromatic amines is 1. The highest BCUT2D eigenvalue weighted by Crippen LogP contribution is 2.32. The number of benzene rings is 1. The maximum absolute atomic E-state index is 12.1. The summed E-state index contributed by atoms with van der Waals surface area (Å²) in [5, 5.41) is 3.26. The number of aromatic nitrogens is 4. The van der Waals surface area contributed by atoms with Crippen molar-refractivity contribution in [2.75, 3.05) is 12.4 Å². The van der Waals surface area contributed by atoms with Crippen LogP contribution in [0.2, 0.25) is 0 Å². The molecule has 9 heteroatoms. The van der Waals surface area contributed by atoms with Crippen LogP contribution in [0.1, 0.15) is 20.8 Å². The summed E-state index contributed by atoms with van der Waals surface area (Å²) >= 11 is 0. The minimum Gasteiger partial charge on any atom is -0.488 e. The second-order valence-corrected chi connectivity index (χ2v) is 7.56. The first-order valence-electron chi connectivity index (χ1n) is 8.30. The molecule has 0 amide bonds. The molecule has 3 N–H and O–H groups in total. The van der Waals surface area contributed by atoms with Gasteiger partial charge in [0.15, 0.2) is 11.5 Å². The Hall–Kier alpha value is -2.52. The van der Waals surface area contributed by atoms with Crippen LogP contribution >= 0.6 is 0 Å². The molecule has 0 saturated heterocycles. The van der Waals surface area contributed by atoms with Crippen LogP contribution in [0.3, 0.4) is 0 Å². The summed E-state index contributed by atoms with van der Waals surface area (Å²) < 4.78 is 20.9. The summed E-state index contributed by atoms with van der Waals surface area (Å²) in [7, 11) is 0.340. The molecule has 1 aromatic carbocycles. The molecule has 0 spiro atoms. The molecule has 0 aliphatic carbocycles. The second kappa shape index (κ2) is 7.79. The SMILES string of the molecule is CNS(=O)c1ccc(OC(C)C(C)C)c(Nc2ncnc3nc[nH]c23)c1. The number of ether oxygens (including phenoxy) is 1. The zero-order valence-electron chi connectivity index (χ0n) is 15.1. The van der Waals surface area contributed by atoms with Crippen LogP contribution in [0.4, 0.5) is 11.5 Å². The van der Waals surface area contributed by atoms with Gasteiger partial charge in [-0.25, -0.2) is 23.9 Å². The number of hydrogen-bond donors (Lipinski definition) is 3. The third kappa shape index (κ3) is 3.83. The number of hydrogen-bond acceptors (Lipinski definition) is 6. The second-order valence-electron chi connectivity index (χ2n) is 6.15. The Kier molecular flexibility index (Phi) is 5.48. The fourth-order valence-electron chi connectivity index (χ4n) is 2.27. The van der Waals surface area contributed by atoms with E-state index in [9.17, 15) is 4.21 Å². The average molecular weight is 374 g/mol. The minimum absolute atomic E-state index is 0.0220. The highest BCUT2D eigenvalue weighted by Gasteiger charge is 2.16. The zero-order valence-corrected chi connectivity index (χ0v) is 15.9. The molecule has 0 aliphatic rings. The van der Waals surface area contributed by atoms with Gasteiger partial charge in [-0.2, -0.15) is 0 Å². The largest absolute Gasteiger partial charge is 0.488 e. The van der Waals surface area contributed by atoms with Gasteiger partial charge in [-0.15, -0.1) is 0 Å². The van der Waals surface area contributed by atoms with E-state index in [2.05, 4.69) is 43.8 Å². The predicted octanol–water partition coefficient (Wildman–Crippen LogP) is 2.76. The Morgan fingerprint density at radius 3 is 2.73 bits per heavy atom. The van der Waals surface area contributed by atoms with Crippen LogP contribution in [0.25, 0.3) is 11.2 Å². The van der Waals surface area contributed by atoms with Gasteiger partial charge in [0.1, 0.15) is 28.6 Å². The molecule has 138 valence electrons. The van der Waals surface area contributed by atoms with Gasteiger partial charge in [0.05, 0.1) is 23.0 Å². The van der Waals surface area contributed by atoms with E-state index < -0.39 is 11.0 Å². The summed E-state index contributed by atoms with van der Waals surface area (Å²) in [4.78, 5) is 16.2.